The van der Waals surface area contributed by atoms with Gasteiger partial charge in [-0.25, -0.2) is 4.79 Å². The fraction of sp³-hybridized carbons (Fsp3) is 0.818. The van der Waals surface area contributed by atoms with E-state index < -0.39 is 6.04 Å². The van der Waals surface area contributed by atoms with Gasteiger partial charge in [-0.1, -0.05) is 0 Å². The molecule has 2 N–H and O–H groups in total. The normalized spacial score (nSPS) is 20.1. The summed E-state index contributed by atoms with van der Waals surface area (Å²) in [6.45, 7) is 3.25. The molecule has 1 fully saturated rings. The van der Waals surface area contributed by atoms with E-state index in [1.54, 1.807) is 23.6 Å². The number of hydrogen-bond acceptors (Lipinski definition) is 5. The molecule has 0 saturated carbocycles. The maximum absolute atomic E-state index is 11.9. The number of amides is 1. The number of thioether (sulfide) groups is 1. The minimum atomic E-state index is -0.418. The van der Waals surface area contributed by atoms with Crippen molar-refractivity contribution >= 4 is 23.6 Å². The smallest absolute Gasteiger partial charge is 0.329 e. The fourth-order valence-electron chi connectivity index (χ4n) is 1.73. The van der Waals surface area contributed by atoms with E-state index in [1.807, 2.05) is 0 Å². The molecule has 0 radical (unpaired) electrons. The van der Waals surface area contributed by atoms with Crippen LogP contribution in [-0.4, -0.2) is 54.0 Å². The molecule has 5 nitrogen and oxygen atoms in total. The van der Waals surface area contributed by atoms with Gasteiger partial charge in [0.1, 0.15) is 6.04 Å². The van der Waals surface area contributed by atoms with Gasteiger partial charge < -0.3 is 15.4 Å². The Balaban J connectivity index is 2.58. The predicted octanol–water partition coefficient (Wildman–Crippen LogP) is 0.232. The second kappa shape index (κ2) is 7.55. The molecule has 98 valence electrons. The third kappa shape index (κ3) is 4.20. The maximum Gasteiger partial charge on any atom is 0.329 e. The van der Waals surface area contributed by atoms with Crippen molar-refractivity contribution in [3.63, 3.8) is 0 Å². The fourth-order valence-corrected chi connectivity index (χ4v) is 2.76. The molecule has 0 spiro atoms. The van der Waals surface area contributed by atoms with Gasteiger partial charge in [0.2, 0.25) is 5.91 Å². The molecule has 1 rings (SSSR count). The molecule has 17 heavy (non-hydrogen) atoms. The second-order valence-corrected chi connectivity index (χ2v) is 4.97. The summed E-state index contributed by atoms with van der Waals surface area (Å²) >= 11 is 1.68. The zero-order valence-electron chi connectivity index (χ0n) is 10.2. The molecule has 1 aliphatic heterocycles. The van der Waals surface area contributed by atoms with E-state index in [0.29, 0.717) is 38.3 Å². The molecule has 1 heterocycles. The van der Waals surface area contributed by atoms with Crippen LogP contribution in [0.1, 0.15) is 19.8 Å². The third-order valence-electron chi connectivity index (χ3n) is 2.60. The van der Waals surface area contributed by atoms with Gasteiger partial charge in [-0.2, -0.15) is 11.8 Å². The molecule has 1 unspecified atom stereocenters. The highest BCUT2D eigenvalue weighted by atomic mass is 32.2. The van der Waals surface area contributed by atoms with Crippen molar-refractivity contribution in [3.8, 4) is 0 Å². The van der Waals surface area contributed by atoms with Crippen molar-refractivity contribution in [2.24, 2.45) is 5.73 Å². The average Bonchev–Trinajstić information content (AvgIpc) is 2.36. The summed E-state index contributed by atoms with van der Waals surface area (Å²) in [5.74, 6) is 1.23. The van der Waals surface area contributed by atoms with Gasteiger partial charge in [-0.3, -0.25) is 4.79 Å². The molecular formula is C11H20N2O3S. The average molecular weight is 260 g/mol. The lowest BCUT2D eigenvalue weighted by molar-refractivity contribution is -0.153. The van der Waals surface area contributed by atoms with Gasteiger partial charge in [0.05, 0.1) is 6.61 Å². The molecule has 6 heteroatoms. The first-order chi connectivity index (χ1) is 8.20. The Bertz CT molecular complexity index is 273. The molecule has 1 atom stereocenters. The number of hydrogen-bond donors (Lipinski definition) is 1. The van der Waals surface area contributed by atoms with Crippen LogP contribution in [0.4, 0.5) is 0 Å². The van der Waals surface area contributed by atoms with Crippen molar-refractivity contribution < 1.29 is 14.3 Å². The lowest BCUT2D eigenvalue weighted by atomic mass is 10.2. The molecular weight excluding hydrogens is 240 g/mol. The molecule has 0 aromatic carbocycles. The summed E-state index contributed by atoms with van der Waals surface area (Å²) < 4.78 is 5.00. The van der Waals surface area contributed by atoms with Crippen molar-refractivity contribution in [1.82, 2.24) is 4.90 Å². The van der Waals surface area contributed by atoms with Gasteiger partial charge in [0, 0.05) is 24.5 Å². The summed E-state index contributed by atoms with van der Waals surface area (Å²) in [6, 6.07) is -0.418. The largest absolute Gasteiger partial charge is 0.464 e. The highest BCUT2D eigenvalue weighted by Crippen LogP contribution is 2.18. The third-order valence-corrected chi connectivity index (χ3v) is 3.62. The number of ether oxygens (including phenoxy) is 1. The van der Waals surface area contributed by atoms with Crippen LogP contribution < -0.4 is 5.73 Å². The van der Waals surface area contributed by atoms with Gasteiger partial charge in [0.15, 0.2) is 0 Å². The Hall–Kier alpha value is -0.750. The Labute approximate surface area is 106 Å². The minimum Gasteiger partial charge on any atom is -0.464 e. The van der Waals surface area contributed by atoms with Crippen LogP contribution in [0.5, 0.6) is 0 Å². The first kappa shape index (κ1) is 14.3. The lowest BCUT2D eigenvalue weighted by Gasteiger charge is -2.33. The molecule has 0 aromatic rings. The summed E-state index contributed by atoms with van der Waals surface area (Å²) in [7, 11) is 0. The quantitative estimate of drug-likeness (QED) is 0.717. The van der Waals surface area contributed by atoms with E-state index >= 15 is 0 Å². The Kier molecular flexibility index (Phi) is 6.36. The standard InChI is InChI=1S/C11H20N2O3S/c1-2-16-11(15)9-8-17-7-6-13(9)10(14)4-3-5-12/h9H,2-8,12H2,1H3. The minimum absolute atomic E-state index is 0.00815. The monoisotopic (exact) mass is 260 g/mol. The van der Waals surface area contributed by atoms with Crippen LogP contribution >= 0.6 is 11.8 Å². The number of carbonyl (C=O) groups is 2. The number of carbonyl (C=O) groups excluding carboxylic acids is 2. The second-order valence-electron chi connectivity index (χ2n) is 3.82. The van der Waals surface area contributed by atoms with Crippen LogP contribution in [0.3, 0.4) is 0 Å². The zero-order valence-corrected chi connectivity index (χ0v) is 11.0. The van der Waals surface area contributed by atoms with E-state index in [1.165, 1.54) is 0 Å². The van der Waals surface area contributed by atoms with Crippen molar-refractivity contribution in [1.29, 1.82) is 0 Å². The van der Waals surface area contributed by atoms with Crippen LogP contribution in [0.15, 0.2) is 0 Å². The van der Waals surface area contributed by atoms with E-state index in [9.17, 15) is 9.59 Å². The topological polar surface area (TPSA) is 72.6 Å². The highest BCUT2D eigenvalue weighted by Gasteiger charge is 2.32. The molecule has 1 saturated heterocycles. The number of esters is 1. The van der Waals surface area contributed by atoms with Crippen molar-refractivity contribution in [2.75, 3.05) is 31.2 Å². The van der Waals surface area contributed by atoms with Crippen LogP contribution in [-0.2, 0) is 14.3 Å². The van der Waals surface area contributed by atoms with E-state index in [-0.39, 0.29) is 11.9 Å². The predicted molar refractivity (Wildman–Crippen MR) is 67.7 cm³/mol. The molecule has 0 aromatic heterocycles. The zero-order chi connectivity index (χ0) is 12.7. The first-order valence-corrected chi connectivity index (χ1v) is 7.10. The van der Waals surface area contributed by atoms with E-state index in [0.717, 1.165) is 5.75 Å². The van der Waals surface area contributed by atoms with Crippen molar-refractivity contribution in [3.05, 3.63) is 0 Å². The van der Waals surface area contributed by atoms with E-state index in [4.69, 9.17) is 10.5 Å². The Morgan fingerprint density at radius 1 is 1.53 bits per heavy atom. The van der Waals surface area contributed by atoms with Gasteiger partial charge in [0.25, 0.3) is 0 Å². The van der Waals surface area contributed by atoms with Crippen LogP contribution in [0.2, 0.25) is 0 Å². The summed E-state index contributed by atoms with van der Waals surface area (Å²) in [4.78, 5) is 25.3. The molecule has 0 aliphatic carbocycles. The molecule has 1 amide bonds. The highest BCUT2D eigenvalue weighted by molar-refractivity contribution is 7.99. The molecule has 1 aliphatic rings. The number of nitrogens with zero attached hydrogens (tertiary/aromatic N) is 1. The summed E-state index contributed by atoms with van der Waals surface area (Å²) in [6.07, 6.45) is 1.08. The van der Waals surface area contributed by atoms with Crippen LogP contribution in [0, 0.1) is 0 Å². The van der Waals surface area contributed by atoms with Gasteiger partial charge in [-0.05, 0) is 19.9 Å². The number of nitrogens with two attached hydrogens (primary N) is 1. The molecule has 0 bridgehead atoms. The van der Waals surface area contributed by atoms with Crippen LogP contribution in [0.25, 0.3) is 0 Å². The first-order valence-electron chi connectivity index (χ1n) is 5.94. The SMILES string of the molecule is CCOC(=O)C1CSCCN1C(=O)CCCN. The van der Waals surface area contributed by atoms with Crippen molar-refractivity contribution in [2.45, 2.75) is 25.8 Å². The lowest BCUT2D eigenvalue weighted by Crippen LogP contribution is -2.51. The Morgan fingerprint density at radius 3 is 2.94 bits per heavy atom. The Morgan fingerprint density at radius 2 is 2.29 bits per heavy atom. The van der Waals surface area contributed by atoms with Gasteiger partial charge >= 0.3 is 5.97 Å². The van der Waals surface area contributed by atoms with E-state index in [2.05, 4.69) is 0 Å². The summed E-state index contributed by atoms with van der Waals surface area (Å²) in [5.41, 5.74) is 5.38. The number of rotatable bonds is 5. The maximum atomic E-state index is 11.9. The summed E-state index contributed by atoms with van der Waals surface area (Å²) in [5, 5.41) is 0. The van der Waals surface area contributed by atoms with Gasteiger partial charge in [-0.15, -0.1) is 0 Å².